The van der Waals surface area contributed by atoms with Gasteiger partial charge in [-0.15, -0.1) is 0 Å². The fourth-order valence-corrected chi connectivity index (χ4v) is 2.49. The fourth-order valence-electron chi connectivity index (χ4n) is 2.49. The lowest BCUT2D eigenvalue weighted by Gasteiger charge is -2.06. The van der Waals surface area contributed by atoms with Crippen LogP contribution in [0.2, 0.25) is 0 Å². The molecule has 0 aliphatic carbocycles. The third-order valence-corrected chi connectivity index (χ3v) is 3.65. The molecule has 0 radical (unpaired) electrons. The van der Waals surface area contributed by atoms with E-state index in [1.807, 2.05) is 25.2 Å². The Morgan fingerprint density at radius 2 is 2.08 bits per heavy atom. The number of aromatic amines is 1. The summed E-state index contributed by atoms with van der Waals surface area (Å²) in [6, 6.07) is 7.18. The lowest BCUT2D eigenvalue weighted by Crippen LogP contribution is -2.13. The third-order valence-electron chi connectivity index (χ3n) is 3.65. The van der Waals surface area contributed by atoms with Crippen LogP contribution in [0.3, 0.4) is 0 Å². The van der Waals surface area contributed by atoms with Crippen LogP contribution in [0.15, 0.2) is 49.2 Å². The van der Waals surface area contributed by atoms with E-state index >= 15 is 0 Å². The number of pyridine rings is 2. The van der Waals surface area contributed by atoms with Gasteiger partial charge in [0, 0.05) is 19.4 Å². The Hall–Kier alpha value is -3.55. The molecule has 1 amide bonds. The quantitative estimate of drug-likeness (QED) is 0.601. The van der Waals surface area contributed by atoms with Gasteiger partial charge in [0.05, 0.1) is 29.5 Å². The van der Waals surface area contributed by atoms with Gasteiger partial charge in [-0.3, -0.25) is 14.9 Å². The molecule has 0 aliphatic heterocycles. The number of nitrogens with one attached hydrogen (secondary N) is 2. The second-order valence-corrected chi connectivity index (χ2v) is 5.21. The normalized spacial score (nSPS) is 10.9. The number of imidazole rings is 1. The van der Waals surface area contributed by atoms with E-state index < -0.39 is 0 Å². The summed E-state index contributed by atoms with van der Waals surface area (Å²) in [7, 11) is 1.83. The zero-order chi connectivity index (χ0) is 16.5. The number of anilines is 1. The van der Waals surface area contributed by atoms with Gasteiger partial charge < -0.3 is 9.88 Å². The van der Waals surface area contributed by atoms with E-state index in [1.54, 1.807) is 35.6 Å². The van der Waals surface area contributed by atoms with Crippen LogP contribution in [0.5, 0.6) is 0 Å². The fraction of sp³-hybridized carbons (Fsp3) is 0.0625. The molecule has 8 heteroatoms. The number of carbonyl (C=O) groups excluding carboxylic acids is 1. The van der Waals surface area contributed by atoms with Crippen LogP contribution in [0.25, 0.3) is 22.6 Å². The van der Waals surface area contributed by atoms with Gasteiger partial charge >= 0.3 is 0 Å². The maximum Gasteiger partial charge on any atom is 0.258 e. The molecule has 4 aromatic heterocycles. The van der Waals surface area contributed by atoms with E-state index in [9.17, 15) is 4.79 Å². The Balaban J connectivity index is 1.69. The molecule has 0 atom stereocenters. The topological polar surface area (TPSA) is 101 Å². The number of hydrogen-bond acceptors (Lipinski definition) is 5. The van der Waals surface area contributed by atoms with E-state index in [4.69, 9.17) is 0 Å². The molecule has 0 spiro atoms. The van der Waals surface area contributed by atoms with Gasteiger partial charge in [0.1, 0.15) is 11.2 Å². The van der Waals surface area contributed by atoms with Crippen molar-refractivity contribution >= 4 is 22.8 Å². The standard InChI is InChI=1S/C16H13N7O/c1-23-9-19-13-10(5-7-18-15(13)23)16(24)21-12-8-20-22-14(12)11-4-2-3-6-17-11/h2-9H,1H3,(H,20,22)(H,21,24). The second-order valence-electron chi connectivity index (χ2n) is 5.21. The maximum atomic E-state index is 12.7. The zero-order valence-electron chi connectivity index (χ0n) is 12.8. The number of nitrogens with zero attached hydrogens (tertiary/aromatic N) is 5. The molecule has 0 saturated heterocycles. The molecule has 0 aliphatic rings. The van der Waals surface area contributed by atoms with Crippen molar-refractivity contribution in [3.8, 4) is 11.4 Å². The summed E-state index contributed by atoms with van der Waals surface area (Å²) in [5.74, 6) is -0.278. The van der Waals surface area contributed by atoms with Crippen LogP contribution in [0, 0.1) is 0 Å². The summed E-state index contributed by atoms with van der Waals surface area (Å²) in [5.41, 5.74) is 3.56. The van der Waals surface area contributed by atoms with Crippen molar-refractivity contribution in [2.24, 2.45) is 7.05 Å². The number of aromatic nitrogens is 6. The molecule has 4 rings (SSSR count). The van der Waals surface area contributed by atoms with Gasteiger partial charge in [-0.05, 0) is 18.2 Å². The lowest BCUT2D eigenvalue weighted by molar-refractivity contribution is 0.102. The predicted molar refractivity (Wildman–Crippen MR) is 88.3 cm³/mol. The molecular formula is C16H13N7O. The minimum absolute atomic E-state index is 0.278. The number of hydrogen-bond donors (Lipinski definition) is 2. The molecule has 8 nitrogen and oxygen atoms in total. The van der Waals surface area contributed by atoms with Crippen LogP contribution in [-0.4, -0.2) is 35.6 Å². The third kappa shape index (κ3) is 2.30. The number of rotatable bonds is 3. The monoisotopic (exact) mass is 319 g/mol. The zero-order valence-corrected chi connectivity index (χ0v) is 12.8. The molecule has 4 heterocycles. The molecule has 118 valence electrons. The molecule has 0 fully saturated rings. The molecule has 0 saturated carbocycles. The Kier molecular flexibility index (Phi) is 3.27. The van der Waals surface area contributed by atoms with Crippen molar-refractivity contribution in [1.29, 1.82) is 0 Å². The first kappa shape index (κ1) is 14.1. The van der Waals surface area contributed by atoms with Crippen LogP contribution in [0.4, 0.5) is 5.69 Å². The molecule has 24 heavy (non-hydrogen) atoms. The summed E-state index contributed by atoms with van der Waals surface area (Å²) < 4.78 is 1.77. The minimum Gasteiger partial charge on any atom is -0.319 e. The number of H-pyrrole nitrogens is 1. The number of amides is 1. The highest BCUT2D eigenvalue weighted by molar-refractivity contribution is 6.11. The van der Waals surface area contributed by atoms with Gasteiger partial charge in [-0.2, -0.15) is 5.10 Å². The van der Waals surface area contributed by atoms with Gasteiger partial charge in [-0.1, -0.05) is 6.07 Å². The van der Waals surface area contributed by atoms with Crippen molar-refractivity contribution in [2.45, 2.75) is 0 Å². The first-order valence-corrected chi connectivity index (χ1v) is 7.26. The molecule has 0 unspecified atom stereocenters. The van der Waals surface area contributed by atoms with E-state index in [-0.39, 0.29) is 5.91 Å². The molecular weight excluding hydrogens is 306 g/mol. The van der Waals surface area contributed by atoms with Gasteiger partial charge in [0.15, 0.2) is 5.65 Å². The summed E-state index contributed by atoms with van der Waals surface area (Å²) in [4.78, 5) is 25.4. The minimum atomic E-state index is -0.278. The predicted octanol–water partition coefficient (Wildman–Crippen LogP) is 2.01. The van der Waals surface area contributed by atoms with Crippen LogP contribution in [-0.2, 0) is 7.05 Å². The maximum absolute atomic E-state index is 12.7. The molecule has 2 N–H and O–H groups in total. The van der Waals surface area contributed by atoms with E-state index in [1.165, 1.54) is 0 Å². The summed E-state index contributed by atoms with van der Waals surface area (Å²) in [5, 5.41) is 9.72. The van der Waals surface area contributed by atoms with Gasteiger partial charge in [-0.25, -0.2) is 9.97 Å². The highest BCUT2D eigenvalue weighted by Gasteiger charge is 2.17. The molecule has 0 aromatic carbocycles. The Morgan fingerprint density at radius 1 is 1.17 bits per heavy atom. The number of aryl methyl sites for hydroxylation is 1. The smallest absolute Gasteiger partial charge is 0.258 e. The van der Waals surface area contributed by atoms with Gasteiger partial charge in [0.25, 0.3) is 5.91 Å². The highest BCUT2D eigenvalue weighted by Crippen LogP contribution is 2.24. The highest BCUT2D eigenvalue weighted by atomic mass is 16.1. The first-order chi connectivity index (χ1) is 11.7. The molecule has 0 bridgehead atoms. The Bertz CT molecular complexity index is 1020. The van der Waals surface area contributed by atoms with Crippen LogP contribution >= 0.6 is 0 Å². The summed E-state index contributed by atoms with van der Waals surface area (Å²) in [6.45, 7) is 0. The van der Waals surface area contributed by atoms with Crippen LogP contribution in [0.1, 0.15) is 10.4 Å². The molecule has 4 aromatic rings. The largest absolute Gasteiger partial charge is 0.319 e. The second kappa shape index (κ2) is 5.58. The average Bonchev–Trinajstić information content (AvgIpc) is 3.22. The lowest BCUT2D eigenvalue weighted by atomic mass is 10.2. The van der Waals surface area contributed by atoms with Crippen molar-refractivity contribution in [3.63, 3.8) is 0 Å². The van der Waals surface area contributed by atoms with Crippen molar-refractivity contribution in [3.05, 3.63) is 54.7 Å². The average molecular weight is 319 g/mol. The van der Waals surface area contributed by atoms with E-state index in [0.29, 0.717) is 33.8 Å². The number of fused-ring (bicyclic) bond motifs is 1. The van der Waals surface area contributed by atoms with E-state index in [0.717, 1.165) is 0 Å². The van der Waals surface area contributed by atoms with E-state index in [2.05, 4.69) is 30.5 Å². The number of carbonyl (C=O) groups is 1. The van der Waals surface area contributed by atoms with Gasteiger partial charge in [0.2, 0.25) is 0 Å². The van der Waals surface area contributed by atoms with Crippen molar-refractivity contribution in [2.75, 3.05) is 5.32 Å². The summed E-state index contributed by atoms with van der Waals surface area (Å²) >= 11 is 0. The van der Waals surface area contributed by atoms with Crippen molar-refractivity contribution < 1.29 is 4.79 Å². The Labute approximate surface area is 136 Å². The first-order valence-electron chi connectivity index (χ1n) is 7.26. The van der Waals surface area contributed by atoms with Crippen LogP contribution < -0.4 is 5.32 Å². The summed E-state index contributed by atoms with van der Waals surface area (Å²) in [6.07, 6.45) is 6.46. The Morgan fingerprint density at radius 3 is 2.92 bits per heavy atom. The SMILES string of the molecule is Cn1cnc2c(C(=O)Nc3cn[nH]c3-c3ccccn3)ccnc21. The van der Waals surface area contributed by atoms with Crippen molar-refractivity contribution in [1.82, 2.24) is 29.7 Å².